The minimum absolute atomic E-state index is 0.0181. The molecule has 5 heteroatoms. The molecule has 23 heavy (non-hydrogen) atoms. The lowest BCUT2D eigenvalue weighted by Crippen LogP contribution is -2.55. The van der Waals surface area contributed by atoms with Crippen LogP contribution in [0.1, 0.15) is 45.4 Å². The summed E-state index contributed by atoms with van der Waals surface area (Å²) in [6, 6.07) is 6.91. The molecule has 4 saturated carbocycles. The number of nitrogens with one attached hydrogen (secondary N) is 1. The summed E-state index contributed by atoms with van der Waals surface area (Å²) in [6.07, 6.45) is 7.78. The van der Waals surface area contributed by atoms with Gasteiger partial charge in [-0.3, -0.25) is 0 Å². The zero-order chi connectivity index (χ0) is 16.2. The van der Waals surface area contributed by atoms with Gasteiger partial charge in [-0.05, 0) is 92.9 Å². The Kier molecular flexibility index (Phi) is 3.90. The molecule has 1 N–H and O–H groups in total. The van der Waals surface area contributed by atoms with E-state index in [1.54, 1.807) is 24.3 Å². The van der Waals surface area contributed by atoms with E-state index in [1.807, 2.05) is 0 Å². The van der Waals surface area contributed by atoms with Crippen molar-refractivity contribution in [2.75, 3.05) is 0 Å². The Bertz CT molecular complexity index is 663. The molecular formula is C18H24BrNO2S. The van der Waals surface area contributed by atoms with Gasteiger partial charge in [0.1, 0.15) is 0 Å². The van der Waals surface area contributed by atoms with Crippen LogP contribution in [0.25, 0.3) is 0 Å². The summed E-state index contributed by atoms with van der Waals surface area (Å²) in [5.41, 5.74) is 0.192. The molecule has 0 amide bonds. The van der Waals surface area contributed by atoms with Crippen molar-refractivity contribution >= 4 is 26.0 Å². The highest BCUT2D eigenvalue weighted by Gasteiger charge is 2.53. The lowest BCUT2D eigenvalue weighted by molar-refractivity contribution is -0.0666. The fourth-order valence-electron chi connectivity index (χ4n) is 5.75. The topological polar surface area (TPSA) is 46.2 Å². The molecule has 3 nitrogen and oxygen atoms in total. The summed E-state index contributed by atoms with van der Waals surface area (Å²) in [7, 11) is -3.44. The molecule has 4 bridgehead atoms. The minimum atomic E-state index is -3.44. The van der Waals surface area contributed by atoms with Crippen LogP contribution in [-0.2, 0) is 10.0 Å². The van der Waals surface area contributed by atoms with Crippen LogP contribution >= 0.6 is 15.9 Å². The molecule has 1 aromatic carbocycles. The number of benzene rings is 1. The molecular weight excluding hydrogens is 374 g/mol. The van der Waals surface area contributed by atoms with Gasteiger partial charge in [0.15, 0.2) is 0 Å². The van der Waals surface area contributed by atoms with Crippen LogP contribution in [-0.4, -0.2) is 14.5 Å². The van der Waals surface area contributed by atoms with Crippen LogP contribution in [0, 0.1) is 23.2 Å². The second-order valence-corrected chi connectivity index (χ2v) is 10.7. The fraction of sp³-hybridized carbons (Fsp3) is 0.667. The van der Waals surface area contributed by atoms with Crippen molar-refractivity contribution in [1.82, 2.24) is 4.72 Å². The number of sulfonamides is 1. The summed E-state index contributed by atoms with van der Waals surface area (Å²) < 4.78 is 29.3. The van der Waals surface area contributed by atoms with Crippen LogP contribution in [0.3, 0.4) is 0 Å². The van der Waals surface area contributed by atoms with Gasteiger partial charge >= 0.3 is 0 Å². The van der Waals surface area contributed by atoms with Gasteiger partial charge in [0, 0.05) is 10.5 Å². The van der Waals surface area contributed by atoms with E-state index in [1.165, 1.54) is 38.5 Å². The summed E-state index contributed by atoms with van der Waals surface area (Å²) >= 11 is 3.36. The Labute approximate surface area is 147 Å². The average molecular weight is 398 g/mol. The van der Waals surface area contributed by atoms with Gasteiger partial charge in [-0.1, -0.05) is 15.9 Å². The zero-order valence-corrected chi connectivity index (χ0v) is 15.9. The summed E-state index contributed by atoms with van der Waals surface area (Å²) in [4.78, 5) is 0.359. The normalized spacial score (nSPS) is 37.0. The van der Waals surface area contributed by atoms with Crippen molar-refractivity contribution in [3.63, 3.8) is 0 Å². The van der Waals surface area contributed by atoms with Crippen molar-refractivity contribution < 1.29 is 8.42 Å². The van der Waals surface area contributed by atoms with E-state index in [0.29, 0.717) is 4.90 Å². The number of rotatable bonds is 4. The highest BCUT2D eigenvalue weighted by Crippen LogP contribution is 2.61. The largest absolute Gasteiger partial charge is 0.240 e. The average Bonchev–Trinajstić information content (AvgIpc) is 2.45. The Morgan fingerprint density at radius 1 is 1.04 bits per heavy atom. The van der Waals surface area contributed by atoms with Gasteiger partial charge in [-0.2, -0.15) is 0 Å². The first-order valence-electron chi connectivity index (χ1n) is 8.64. The van der Waals surface area contributed by atoms with Gasteiger partial charge in [-0.15, -0.1) is 0 Å². The van der Waals surface area contributed by atoms with E-state index in [-0.39, 0.29) is 11.5 Å². The minimum Gasteiger partial charge on any atom is -0.208 e. The van der Waals surface area contributed by atoms with E-state index < -0.39 is 10.0 Å². The summed E-state index contributed by atoms with van der Waals surface area (Å²) in [6.45, 7) is 2.09. The maximum atomic E-state index is 12.7. The molecule has 0 aliphatic heterocycles. The third-order valence-corrected chi connectivity index (χ3v) is 8.55. The number of hydrogen-bond acceptors (Lipinski definition) is 2. The van der Waals surface area contributed by atoms with Gasteiger partial charge < -0.3 is 0 Å². The Morgan fingerprint density at radius 3 is 2.00 bits per heavy atom. The molecule has 5 rings (SSSR count). The first-order chi connectivity index (χ1) is 10.9. The first-order valence-corrected chi connectivity index (χ1v) is 10.9. The molecule has 0 saturated heterocycles. The van der Waals surface area contributed by atoms with Crippen LogP contribution in [0.2, 0.25) is 0 Å². The van der Waals surface area contributed by atoms with Crippen molar-refractivity contribution in [1.29, 1.82) is 0 Å². The molecule has 1 aromatic rings. The lowest BCUT2D eigenvalue weighted by atomic mass is 9.48. The first kappa shape index (κ1) is 16.1. The van der Waals surface area contributed by atoms with Crippen LogP contribution in [0.5, 0.6) is 0 Å². The van der Waals surface area contributed by atoms with Crippen molar-refractivity contribution in [2.24, 2.45) is 23.2 Å². The predicted octanol–water partition coefficient (Wildman–Crippen LogP) is 4.33. The van der Waals surface area contributed by atoms with E-state index >= 15 is 0 Å². The van der Waals surface area contributed by atoms with E-state index in [2.05, 4.69) is 27.6 Å². The SMILES string of the molecule is CC(NS(=O)(=O)c1ccc(Br)cc1)C12CC3CC(CC(C3)C1)C2. The Morgan fingerprint density at radius 2 is 1.52 bits per heavy atom. The van der Waals surface area contributed by atoms with E-state index in [0.717, 1.165) is 22.2 Å². The molecule has 0 spiro atoms. The van der Waals surface area contributed by atoms with E-state index in [4.69, 9.17) is 0 Å². The second kappa shape index (κ2) is 5.57. The van der Waals surface area contributed by atoms with Gasteiger partial charge in [0.25, 0.3) is 0 Å². The number of halogens is 1. The zero-order valence-electron chi connectivity index (χ0n) is 13.5. The lowest BCUT2D eigenvalue weighted by Gasteiger charge is -2.59. The van der Waals surface area contributed by atoms with Gasteiger partial charge in [0.2, 0.25) is 10.0 Å². The van der Waals surface area contributed by atoms with Gasteiger partial charge in [-0.25, -0.2) is 13.1 Å². The Balaban J connectivity index is 1.55. The van der Waals surface area contributed by atoms with Crippen molar-refractivity contribution in [3.05, 3.63) is 28.7 Å². The third kappa shape index (κ3) is 2.89. The molecule has 1 unspecified atom stereocenters. The summed E-state index contributed by atoms with van der Waals surface area (Å²) in [5.74, 6) is 2.50. The van der Waals surface area contributed by atoms with Crippen molar-refractivity contribution in [3.8, 4) is 0 Å². The highest BCUT2D eigenvalue weighted by atomic mass is 79.9. The van der Waals surface area contributed by atoms with Crippen LogP contribution in [0.15, 0.2) is 33.6 Å². The molecule has 1 atom stereocenters. The maximum absolute atomic E-state index is 12.7. The van der Waals surface area contributed by atoms with Gasteiger partial charge in [0.05, 0.1) is 4.90 Å². The number of hydrogen-bond donors (Lipinski definition) is 1. The third-order valence-electron chi connectivity index (χ3n) is 6.46. The van der Waals surface area contributed by atoms with E-state index in [9.17, 15) is 8.42 Å². The fourth-order valence-corrected chi connectivity index (χ4v) is 7.36. The highest BCUT2D eigenvalue weighted by molar-refractivity contribution is 9.10. The molecule has 0 radical (unpaired) electrons. The monoisotopic (exact) mass is 397 g/mol. The quantitative estimate of drug-likeness (QED) is 0.821. The maximum Gasteiger partial charge on any atom is 0.240 e. The predicted molar refractivity (Wildman–Crippen MR) is 94.5 cm³/mol. The molecule has 4 fully saturated rings. The molecule has 0 aromatic heterocycles. The molecule has 4 aliphatic carbocycles. The molecule has 4 aliphatic rings. The molecule has 0 heterocycles. The second-order valence-electron chi connectivity index (χ2n) is 8.08. The standard InChI is InChI=1S/C18H24BrNO2S/c1-12(20-23(21,22)17-4-2-16(19)3-5-17)18-9-13-6-14(10-18)8-15(7-13)11-18/h2-5,12-15,20H,6-11H2,1H3. The van der Waals surface area contributed by atoms with Crippen LogP contribution in [0.4, 0.5) is 0 Å². The smallest absolute Gasteiger partial charge is 0.208 e. The Hall–Kier alpha value is -0.390. The summed E-state index contributed by atoms with van der Waals surface area (Å²) in [5, 5.41) is 0. The molecule has 126 valence electrons. The van der Waals surface area contributed by atoms with Crippen LogP contribution < -0.4 is 4.72 Å². The van der Waals surface area contributed by atoms with Crippen molar-refractivity contribution in [2.45, 2.75) is 56.4 Å².